The molecule has 0 fully saturated rings. The van der Waals surface area contributed by atoms with Crippen LogP contribution >= 0.6 is 0 Å². The summed E-state index contributed by atoms with van der Waals surface area (Å²) in [4.78, 5) is 15.9. The van der Waals surface area contributed by atoms with Crippen molar-refractivity contribution in [3.63, 3.8) is 0 Å². The van der Waals surface area contributed by atoms with Crippen molar-refractivity contribution in [3.05, 3.63) is 53.7 Å². The number of nitrogens with one attached hydrogen (secondary N) is 1. The standard InChI is InChI=1S/C15H17N3O/c1-11-2-8-14(17-10-11)18-15(19)9-5-12-3-6-13(16)7-4-12/h2-4,6-8,10H,5,9,16H2,1H3,(H,17,18,19). The molecule has 1 aromatic carbocycles. The quantitative estimate of drug-likeness (QED) is 0.825. The Balaban J connectivity index is 1.84. The van der Waals surface area contributed by atoms with E-state index in [4.69, 9.17) is 5.73 Å². The fourth-order valence-corrected chi connectivity index (χ4v) is 1.69. The molecule has 0 unspecified atom stereocenters. The molecule has 19 heavy (non-hydrogen) atoms. The number of amides is 1. The van der Waals surface area contributed by atoms with Crippen LogP contribution in [-0.2, 0) is 11.2 Å². The first-order valence-corrected chi connectivity index (χ1v) is 6.20. The number of carbonyl (C=O) groups excluding carboxylic acids is 1. The second-order valence-corrected chi connectivity index (χ2v) is 4.51. The number of aromatic nitrogens is 1. The zero-order valence-electron chi connectivity index (χ0n) is 10.9. The summed E-state index contributed by atoms with van der Waals surface area (Å²) in [6, 6.07) is 11.3. The molecule has 0 bridgehead atoms. The minimum atomic E-state index is -0.0341. The van der Waals surface area contributed by atoms with Crippen molar-refractivity contribution in [1.82, 2.24) is 4.98 Å². The minimum Gasteiger partial charge on any atom is -0.399 e. The summed E-state index contributed by atoms with van der Waals surface area (Å²) in [6.45, 7) is 1.96. The van der Waals surface area contributed by atoms with Crippen molar-refractivity contribution in [2.75, 3.05) is 11.1 Å². The lowest BCUT2D eigenvalue weighted by molar-refractivity contribution is -0.116. The van der Waals surface area contributed by atoms with Crippen molar-refractivity contribution in [3.8, 4) is 0 Å². The Hall–Kier alpha value is -2.36. The molecule has 98 valence electrons. The molecular weight excluding hydrogens is 238 g/mol. The Morgan fingerprint density at radius 2 is 1.95 bits per heavy atom. The van der Waals surface area contributed by atoms with Gasteiger partial charge in [0.1, 0.15) is 5.82 Å². The van der Waals surface area contributed by atoms with Crippen LogP contribution in [0.15, 0.2) is 42.6 Å². The number of anilines is 2. The summed E-state index contributed by atoms with van der Waals surface area (Å²) in [5, 5.41) is 2.78. The van der Waals surface area contributed by atoms with Gasteiger partial charge in [-0.1, -0.05) is 18.2 Å². The lowest BCUT2D eigenvalue weighted by Gasteiger charge is -2.05. The van der Waals surface area contributed by atoms with Crippen molar-refractivity contribution in [1.29, 1.82) is 0 Å². The van der Waals surface area contributed by atoms with Gasteiger partial charge in [0.2, 0.25) is 5.91 Å². The molecule has 2 aromatic rings. The highest BCUT2D eigenvalue weighted by molar-refractivity contribution is 5.89. The van der Waals surface area contributed by atoms with Gasteiger partial charge in [-0.15, -0.1) is 0 Å². The zero-order valence-corrected chi connectivity index (χ0v) is 10.9. The highest BCUT2D eigenvalue weighted by Gasteiger charge is 2.03. The highest BCUT2D eigenvalue weighted by atomic mass is 16.1. The van der Waals surface area contributed by atoms with Gasteiger partial charge in [-0.05, 0) is 42.7 Å². The second-order valence-electron chi connectivity index (χ2n) is 4.51. The number of carbonyl (C=O) groups is 1. The lowest BCUT2D eigenvalue weighted by atomic mass is 10.1. The van der Waals surface area contributed by atoms with Crippen LogP contribution in [0.1, 0.15) is 17.5 Å². The van der Waals surface area contributed by atoms with E-state index in [1.54, 1.807) is 12.3 Å². The van der Waals surface area contributed by atoms with Gasteiger partial charge >= 0.3 is 0 Å². The number of hydrogen-bond donors (Lipinski definition) is 2. The molecule has 1 heterocycles. The topological polar surface area (TPSA) is 68.0 Å². The van der Waals surface area contributed by atoms with Crippen LogP contribution in [0.3, 0.4) is 0 Å². The first-order valence-electron chi connectivity index (χ1n) is 6.20. The van der Waals surface area contributed by atoms with E-state index >= 15 is 0 Å². The summed E-state index contributed by atoms with van der Waals surface area (Å²) in [6.07, 6.45) is 2.85. The molecule has 1 amide bonds. The van der Waals surface area contributed by atoms with E-state index in [9.17, 15) is 4.79 Å². The van der Waals surface area contributed by atoms with Gasteiger partial charge in [0.05, 0.1) is 0 Å². The number of aryl methyl sites for hydroxylation is 2. The van der Waals surface area contributed by atoms with E-state index in [0.717, 1.165) is 16.8 Å². The average molecular weight is 255 g/mol. The SMILES string of the molecule is Cc1ccc(NC(=O)CCc2ccc(N)cc2)nc1. The summed E-state index contributed by atoms with van der Waals surface area (Å²) >= 11 is 0. The van der Waals surface area contributed by atoms with Crippen molar-refractivity contribution < 1.29 is 4.79 Å². The maximum atomic E-state index is 11.8. The van der Waals surface area contributed by atoms with E-state index in [2.05, 4.69) is 10.3 Å². The van der Waals surface area contributed by atoms with E-state index in [-0.39, 0.29) is 5.91 Å². The Bertz CT molecular complexity index is 547. The third-order valence-electron chi connectivity index (χ3n) is 2.80. The van der Waals surface area contributed by atoms with Crippen LogP contribution in [0.5, 0.6) is 0 Å². The molecule has 3 N–H and O–H groups in total. The summed E-state index contributed by atoms with van der Waals surface area (Å²) in [5.74, 6) is 0.557. The number of nitrogens with zero attached hydrogens (tertiary/aromatic N) is 1. The van der Waals surface area contributed by atoms with Crippen LogP contribution < -0.4 is 11.1 Å². The molecule has 2 rings (SSSR count). The number of benzene rings is 1. The normalized spacial score (nSPS) is 10.2. The third-order valence-corrected chi connectivity index (χ3v) is 2.80. The minimum absolute atomic E-state index is 0.0341. The predicted molar refractivity (Wildman–Crippen MR) is 76.8 cm³/mol. The van der Waals surface area contributed by atoms with E-state index < -0.39 is 0 Å². The fourth-order valence-electron chi connectivity index (χ4n) is 1.69. The smallest absolute Gasteiger partial charge is 0.225 e. The molecule has 1 aromatic heterocycles. The molecule has 0 atom stereocenters. The van der Waals surface area contributed by atoms with Gasteiger partial charge < -0.3 is 11.1 Å². The number of hydrogen-bond acceptors (Lipinski definition) is 3. The molecule has 0 spiro atoms. The molecule has 0 radical (unpaired) electrons. The zero-order chi connectivity index (χ0) is 13.7. The highest BCUT2D eigenvalue weighted by Crippen LogP contribution is 2.09. The maximum absolute atomic E-state index is 11.8. The molecule has 0 saturated heterocycles. The number of nitrogen functional groups attached to an aromatic ring is 1. The van der Waals surface area contributed by atoms with E-state index in [1.165, 1.54) is 0 Å². The van der Waals surface area contributed by atoms with Crippen LogP contribution in [0.25, 0.3) is 0 Å². The molecule has 0 aliphatic carbocycles. The average Bonchev–Trinajstić information content (AvgIpc) is 2.41. The van der Waals surface area contributed by atoms with Gasteiger partial charge in [0.25, 0.3) is 0 Å². The lowest BCUT2D eigenvalue weighted by Crippen LogP contribution is -2.13. The third kappa shape index (κ3) is 4.10. The Kier molecular flexibility index (Phi) is 4.13. The van der Waals surface area contributed by atoms with Crippen LogP contribution in [-0.4, -0.2) is 10.9 Å². The van der Waals surface area contributed by atoms with Gasteiger partial charge in [0, 0.05) is 18.3 Å². The van der Waals surface area contributed by atoms with Gasteiger partial charge in [-0.3, -0.25) is 4.79 Å². The monoisotopic (exact) mass is 255 g/mol. The summed E-state index contributed by atoms with van der Waals surface area (Å²) in [7, 11) is 0. The first kappa shape index (κ1) is 13.1. The van der Waals surface area contributed by atoms with E-state index in [1.807, 2.05) is 37.3 Å². The Labute approximate surface area is 112 Å². The predicted octanol–water partition coefficient (Wildman–Crippen LogP) is 2.54. The van der Waals surface area contributed by atoms with Crippen LogP contribution in [0, 0.1) is 6.92 Å². The molecular formula is C15H17N3O. The second kappa shape index (κ2) is 6.00. The van der Waals surface area contributed by atoms with Crippen molar-refractivity contribution in [2.24, 2.45) is 0 Å². The van der Waals surface area contributed by atoms with Crippen molar-refractivity contribution >= 4 is 17.4 Å². The maximum Gasteiger partial charge on any atom is 0.225 e. The Morgan fingerprint density at radius 3 is 2.58 bits per heavy atom. The fraction of sp³-hybridized carbons (Fsp3) is 0.200. The van der Waals surface area contributed by atoms with E-state index in [0.29, 0.717) is 18.7 Å². The Morgan fingerprint density at radius 1 is 1.21 bits per heavy atom. The summed E-state index contributed by atoms with van der Waals surface area (Å²) in [5.41, 5.74) is 8.51. The molecule has 4 nitrogen and oxygen atoms in total. The molecule has 0 aliphatic heterocycles. The molecule has 0 saturated carbocycles. The summed E-state index contributed by atoms with van der Waals surface area (Å²) < 4.78 is 0. The van der Waals surface area contributed by atoms with Gasteiger partial charge in [-0.2, -0.15) is 0 Å². The first-order chi connectivity index (χ1) is 9.13. The van der Waals surface area contributed by atoms with Crippen LogP contribution in [0.2, 0.25) is 0 Å². The largest absolute Gasteiger partial charge is 0.399 e. The molecule has 0 aliphatic rings. The van der Waals surface area contributed by atoms with Gasteiger partial charge in [-0.25, -0.2) is 4.98 Å². The van der Waals surface area contributed by atoms with Gasteiger partial charge in [0.15, 0.2) is 0 Å². The van der Waals surface area contributed by atoms with Crippen LogP contribution in [0.4, 0.5) is 11.5 Å². The number of pyridine rings is 1. The molecule has 4 heteroatoms. The number of nitrogens with two attached hydrogens (primary N) is 1. The van der Waals surface area contributed by atoms with Crippen molar-refractivity contribution in [2.45, 2.75) is 19.8 Å². The number of rotatable bonds is 4.